The minimum absolute atomic E-state index is 0.301. The molecule has 16 heavy (non-hydrogen) atoms. The monoisotopic (exact) mass is 229 g/mol. The first-order chi connectivity index (χ1) is 7.26. The molecule has 4 heteroatoms. The molecule has 0 spiro atoms. The molecule has 0 aromatic carbocycles. The Labute approximate surface area is 96.3 Å². The van der Waals surface area contributed by atoms with Crippen molar-refractivity contribution >= 4 is 6.09 Å². The number of amides is 1. The van der Waals surface area contributed by atoms with E-state index in [-0.39, 0.29) is 6.09 Å². The second-order valence-electron chi connectivity index (χ2n) is 5.21. The fourth-order valence-corrected chi connectivity index (χ4v) is 1.59. The van der Waals surface area contributed by atoms with E-state index in [0.717, 1.165) is 0 Å². The van der Waals surface area contributed by atoms with Crippen LogP contribution in [0.25, 0.3) is 0 Å². The van der Waals surface area contributed by atoms with Crippen molar-refractivity contribution in [3.8, 4) is 0 Å². The summed E-state index contributed by atoms with van der Waals surface area (Å²) in [6, 6.07) is 0. The standard InChI is InChI=1S/C12H20FNO2/c1-5-12(13)6-8-14(9-7-12)10(15)16-11(2,3)4/h5H,1,6-9H2,2-4H3. The third-order valence-corrected chi connectivity index (χ3v) is 2.61. The van der Waals surface area contributed by atoms with Crippen molar-refractivity contribution in [3.05, 3.63) is 12.7 Å². The van der Waals surface area contributed by atoms with Crippen molar-refractivity contribution < 1.29 is 13.9 Å². The molecule has 1 aliphatic heterocycles. The van der Waals surface area contributed by atoms with Crippen LogP contribution in [0.1, 0.15) is 33.6 Å². The predicted molar refractivity (Wildman–Crippen MR) is 61.1 cm³/mol. The molecule has 0 bridgehead atoms. The van der Waals surface area contributed by atoms with Crippen LogP contribution in [0.5, 0.6) is 0 Å². The Morgan fingerprint density at radius 2 is 1.94 bits per heavy atom. The SMILES string of the molecule is C=CC1(F)CCN(C(=O)OC(C)(C)C)CC1. The highest BCUT2D eigenvalue weighted by molar-refractivity contribution is 5.68. The van der Waals surface area contributed by atoms with Gasteiger partial charge in [-0.2, -0.15) is 0 Å². The Morgan fingerprint density at radius 3 is 2.31 bits per heavy atom. The van der Waals surface area contributed by atoms with Gasteiger partial charge in [0.1, 0.15) is 11.3 Å². The van der Waals surface area contributed by atoms with Crippen LogP contribution in [0.2, 0.25) is 0 Å². The zero-order valence-corrected chi connectivity index (χ0v) is 10.3. The van der Waals surface area contributed by atoms with Crippen LogP contribution in [-0.4, -0.2) is 35.4 Å². The number of allylic oxidation sites excluding steroid dienone is 1. The molecule has 0 aromatic heterocycles. The van der Waals surface area contributed by atoms with Crippen LogP contribution in [0.15, 0.2) is 12.7 Å². The molecular formula is C12H20FNO2. The van der Waals surface area contributed by atoms with Gasteiger partial charge in [-0.3, -0.25) is 0 Å². The zero-order valence-electron chi connectivity index (χ0n) is 10.3. The third-order valence-electron chi connectivity index (χ3n) is 2.61. The topological polar surface area (TPSA) is 29.5 Å². The first kappa shape index (κ1) is 13.0. The van der Waals surface area contributed by atoms with Crippen molar-refractivity contribution in [2.75, 3.05) is 13.1 Å². The van der Waals surface area contributed by atoms with E-state index >= 15 is 0 Å². The van der Waals surface area contributed by atoms with Crippen LogP contribution in [0.4, 0.5) is 9.18 Å². The molecular weight excluding hydrogens is 209 g/mol. The van der Waals surface area contributed by atoms with Crippen LogP contribution in [-0.2, 0) is 4.74 Å². The van der Waals surface area contributed by atoms with E-state index < -0.39 is 11.3 Å². The Bertz CT molecular complexity index is 275. The van der Waals surface area contributed by atoms with Gasteiger partial charge in [-0.1, -0.05) is 12.7 Å². The lowest BCUT2D eigenvalue weighted by atomic mass is 9.94. The lowest BCUT2D eigenvalue weighted by Gasteiger charge is -2.35. The number of hydrogen-bond acceptors (Lipinski definition) is 2. The molecule has 1 aliphatic rings. The summed E-state index contributed by atoms with van der Waals surface area (Å²) in [6.07, 6.45) is 1.57. The van der Waals surface area contributed by atoms with Gasteiger partial charge in [0.2, 0.25) is 0 Å². The highest BCUT2D eigenvalue weighted by Crippen LogP contribution is 2.28. The highest BCUT2D eigenvalue weighted by Gasteiger charge is 2.34. The van der Waals surface area contributed by atoms with Crippen LogP contribution in [0, 0.1) is 0 Å². The maximum Gasteiger partial charge on any atom is 0.410 e. The Balaban J connectivity index is 2.48. The van der Waals surface area contributed by atoms with Crippen LogP contribution in [0.3, 0.4) is 0 Å². The second-order valence-corrected chi connectivity index (χ2v) is 5.21. The number of likely N-dealkylation sites (tertiary alicyclic amines) is 1. The number of nitrogens with zero attached hydrogens (tertiary/aromatic N) is 1. The molecule has 0 saturated carbocycles. The summed E-state index contributed by atoms with van der Waals surface area (Å²) in [7, 11) is 0. The number of halogens is 1. The summed E-state index contributed by atoms with van der Waals surface area (Å²) in [5, 5.41) is 0. The lowest BCUT2D eigenvalue weighted by Crippen LogP contribution is -2.45. The fourth-order valence-electron chi connectivity index (χ4n) is 1.59. The quantitative estimate of drug-likeness (QED) is 0.647. The number of carbonyl (C=O) groups excluding carboxylic acids is 1. The average molecular weight is 229 g/mol. The summed E-state index contributed by atoms with van der Waals surface area (Å²) in [5.74, 6) is 0. The van der Waals surface area contributed by atoms with Gasteiger partial charge in [0.15, 0.2) is 0 Å². The van der Waals surface area contributed by atoms with Crippen molar-refractivity contribution in [2.24, 2.45) is 0 Å². The zero-order chi connectivity index (χ0) is 12.4. The Hall–Kier alpha value is -1.06. The molecule has 1 amide bonds. The average Bonchev–Trinajstić information content (AvgIpc) is 2.16. The smallest absolute Gasteiger partial charge is 0.410 e. The largest absolute Gasteiger partial charge is 0.444 e. The summed E-state index contributed by atoms with van der Waals surface area (Å²) in [5.41, 5.74) is -1.82. The summed E-state index contributed by atoms with van der Waals surface area (Å²) in [6.45, 7) is 9.70. The Kier molecular flexibility index (Phi) is 3.61. The molecule has 1 saturated heterocycles. The van der Waals surface area contributed by atoms with E-state index in [4.69, 9.17) is 4.74 Å². The lowest BCUT2D eigenvalue weighted by molar-refractivity contribution is 0.0107. The molecule has 0 aliphatic carbocycles. The van der Waals surface area contributed by atoms with Crippen LogP contribution >= 0.6 is 0 Å². The van der Waals surface area contributed by atoms with E-state index in [1.165, 1.54) is 6.08 Å². The van der Waals surface area contributed by atoms with E-state index in [0.29, 0.717) is 25.9 Å². The predicted octanol–water partition coefficient (Wildman–Crippen LogP) is 2.91. The minimum atomic E-state index is -1.32. The van der Waals surface area contributed by atoms with Crippen LogP contribution < -0.4 is 0 Å². The van der Waals surface area contributed by atoms with Gasteiger partial charge in [-0.05, 0) is 20.8 Å². The Morgan fingerprint density at radius 1 is 1.44 bits per heavy atom. The van der Waals surface area contributed by atoms with Gasteiger partial charge in [0, 0.05) is 25.9 Å². The maximum absolute atomic E-state index is 13.8. The molecule has 3 nitrogen and oxygen atoms in total. The van der Waals surface area contributed by atoms with Gasteiger partial charge in [-0.15, -0.1) is 0 Å². The molecule has 0 atom stereocenters. The van der Waals surface area contributed by atoms with Crippen molar-refractivity contribution in [3.63, 3.8) is 0 Å². The molecule has 0 radical (unpaired) electrons. The molecule has 0 unspecified atom stereocenters. The van der Waals surface area contributed by atoms with Crippen molar-refractivity contribution in [1.29, 1.82) is 0 Å². The first-order valence-corrected chi connectivity index (χ1v) is 5.56. The van der Waals surface area contributed by atoms with Gasteiger partial charge < -0.3 is 9.64 Å². The normalized spacial score (nSPS) is 20.4. The number of ether oxygens (including phenoxy) is 1. The number of rotatable bonds is 1. The van der Waals surface area contributed by atoms with E-state index in [2.05, 4.69) is 6.58 Å². The number of carbonyl (C=O) groups is 1. The van der Waals surface area contributed by atoms with Gasteiger partial charge in [-0.25, -0.2) is 9.18 Å². The van der Waals surface area contributed by atoms with E-state index in [9.17, 15) is 9.18 Å². The fraction of sp³-hybridized carbons (Fsp3) is 0.750. The summed E-state index contributed by atoms with van der Waals surface area (Å²) < 4.78 is 19.0. The summed E-state index contributed by atoms with van der Waals surface area (Å²) >= 11 is 0. The molecule has 1 rings (SSSR count). The second kappa shape index (κ2) is 4.44. The molecule has 0 aromatic rings. The highest BCUT2D eigenvalue weighted by atomic mass is 19.1. The number of alkyl halides is 1. The van der Waals surface area contributed by atoms with E-state index in [1.807, 2.05) is 20.8 Å². The maximum atomic E-state index is 13.8. The number of piperidine rings is 1. The summed E-state index contributed by atoms with van der Waals surface area (Å²) in [4.78, 5) is 13.2. The molecule has 0 N–H and O–H groups in total. The first-order valence-electron chi connectivity index (χ1n) is 5.56. The third kappa shape index (κ3) is 3.51. The van der Waals surface area contributed by atoms with Gasteiger partial charge in [0.05, 0.1) is 0 Å². The minimum Gasteiger partial charge on any atom is -0.444 e. The van der Waals surface area contributed by atoms with Gasteiger partial charge in [0.25, 0.3) is 0 Å². The number of hydrogen-bond donors (Lipinski definition) is 0. The van der Waals surface area contributed by atoms with E-state index in [1.54, 1.807) is 4.90 Å². The van der Waals surface area contributed by atoms with Crippen molar-refractivity contribution in [1.82, 2.24) is 4.90 Å². The molecule has 1 heterocycles. The molecule has 1 fully saturated rings. The van der Waals surface area contributed by atoms with Crippen molar-refractivity contribution in [2.45, 2.75) is 44.9 Å². The molecule has 92 valence electrons. The van der Waals surface area contributed by atoms with Gasteiger partial charge >= 0.3 is 6.09 Å².